The minimum atomic E-state index is -0.526. The topological polar surface area (TPSA) is 90.9 Å². The first-order valence-electron chi connectivity index (χ1n) is 7.55. The first-order chi connectivity index (χ1) is 11.5. The molecule has 2 rings (SSSR count). The van der Waals surface area contributed by atoms with E-state index >= 15 is 0 Å². The van der Waals surface area contributed by atoms with Gasteiger partial charge in [0.05, 0.1) is 11.5 Å². The largest absolute Gasteiger partial charge is 0.494 e. The minimum Gasteiger partial charge on any atom is -0.494 e. The summed E-state index contributed by atoms with van der Waals surface area (Å²) in [5, 5.41) is 10.7. The molecule has 0 atom stereocenters. The van der Waals surface area contributed by atoms with Crippen molar-refractivity contribution in [1.29, 1.82) is 0 Å². The van der Waals surface area contributed by atoms with Gasteiger partial charge in [-0.3, -0.25) is 10.1 Å². The molecule has 0 aliphatic carbocycles. The van der Waals surface area contributed by atoms with Gasteiger partial charge in [0.1, 0.15) is 22.9 Å². The zero-order chi connectivity index (χ0) is 17.5. The van der Waals surface area contributed by atoms with Crippen LogP contribution in [0.25, 0.3) is 0 Å². The Kier molecular flexibility index (Phi) is 5.97. The Morgan fingerprint density at radius 3 is 2.29 bits per heavy atom. The van der Waals surface area contributed by atoms with Crippen LogP contribution in [0.15, 0.2) is 42.5 Å². The van der Waals surface area contributed by atoms with E-state index in [1.165, 1.54) is 18.2 Å². The van der Waals surface area contributed by atoms with E-state index in [0.717, 1.165) is 18.7 Å². The summed E-state index contributed by atoms with van der Waals surface area (Å²) in [5.41, 5.74) is 5.58. The number of hydrogen-bond acceptors (Lipinski definition) is 6. The number of nitrogen functional groups attached to an aromatic ring is 1. The van der Waals surface area contributed by atoms with Crippen LogP contribution in [-0.4, -0.2) is 37.1 Å². The third kappa shape index (κ3) is 5.13. The van der Waals surface area contributed by atoms with Crippen LogP contribution in [0.4, 0.5) is 11.4 Å². The Hall–Kier alpha value is -2.80. The molecule has 0 unspecified atom stereocenters. The average Bonchev–Trinajstić information content (AvgIpc) is 2.52. The van der Waals surface area contributed by atoms with E-state index < -0.39 is 4.92 Å². The summed E-state index contributed by atoms with van der Waals surface area (Å²) in [4.78, 5) is 12.3. The van der Waals surface area contributed by atoms with Crippen molar-refractivity contribution in [2.24, 2.45) is 0 Å². The molecule has 0 aliphatic heterocycles. The van der Waals surface area contributed by atoms with Crippen molar-refractivity contribution in [1.82, 2.24) is 4.90 Å². The molecule has 0 aromatic heterocycles. The highest BCUT2D eigenvalue weighted by Gasteiger charge is 2.12. The number of nitrogens with zero attached hydrogens (tertiary/aromatic N) is 2. The summed E-state index contributed by atoms with van der Waals surface area (Å²) >= 11 is 0. The van der Waals surface area contributed by atoms with E-state index in [9.17, 15) is 10.1 Å². The molecule has 7 nitrogen and oxygen atoms in total. The molecular formula is C17H21N3O4. The van der Waals surface area contributed by atoms with Gasteiger partial charge in [0, 0.05) is 18.7 Å². The fourth-order valence-corrected chi connectivity index (χ4v) is 2.07. The maximum atomic E-state index is 10.7. The van der Waals surface area contributed by atoms with Gasteiger partial charge in [-0.25, -0.2) is 0 Å². The first-order valence-corrected chi connectivity index (χ1v) is 7.55. The van der Waals surface area contributed by atoms with E-state index in [1.807, 2.05) is 26.2 Å². The Morgan fingerprint density at radius 2 is 1.71 bits per heavy atom. The molecule has 0 amide bonds. The lowest BCUT2D eigenvalue weighted by Crippen LogP contribution is -2.15. The van der Waals surface area contributed by atoms with Crippen molar-refractivity contribution in [3.8, 4) is 17.2 Å². The van der Waals surface area contributed by atoms with Crippen LogP contribution in [0.1, 0.15) is 6.42 Å². The fraction of sp³-hybridized carbons (Fsp3) is 0.294. The molecule has 2 N–H and O–H groups in total. The molecule has 0 fully saturated rings. The van der Waals surface area contributed by atoms with Crippen LogP contribution in [-0.2, 0) is 0 Å². The lowest BCUT2D eigenvalue weighted by molar-refractivity contribution is -0.383. The molecular weight excluding hydrogens is 310 g/mol. The van der Waals surface area contributed by atoms with E-state index in [0.29, 0.717) is 18.1 Å². The lowest BCUT2D eigenvalue weighted by atomic mass is 10.2. The van der Waals surface area contributed by atoms with Gasteiger partial charge in [0.15, 0.2) is 0 Å². The highest BCUT2D eigenvalue weighted by atomic mass is 16.6. The van der Waals surface area contributed by atoms with Crippen molar-refractivity contribution in [3.63, 3.8) is 0 Å². The number of ether oxygens (including phenoxy) is 2. The second kappa shape index (κ2) is 8.16. The Bertz CT molecular complexity index is 687. The molecule has 7 heteroatoms. The van der Waals surface area contributed by atoms with Crippen molar-refractivity contribution >= 4 is 11.4 Å². The molecule has 0 saturated heterocycles. The van der Waals surface area contributed by atoms with Crippen molar-refractivity contribution in [2.75, 3.05) is 33.0 Å². The Balaban J connectivity index is 1.92. The molecule has 0 bridgehead atoms. The third-order valence-corrected chi connectivity index (χ3v) is 3.27. The van der Waals surface area contributed by atoms with Gasteiger partial charge in [0.2, 0.25) is 0 Å². The number of anilines is 1. The van der Waals surface area contributed by atoms with Gasteiger partial charge in [-0.15, -0.1) is 0 Å². The first kappa shape index (κ1) is 17.6. The van der Waals surface area contributed by atoms with Gasteiger partial charge in [-0.1, -0.05) is 0 Å². The van der Waals surface area contributed by atoms with Crippen molar-refractivity contribution < 1.29 is 14.4 Å². The van der Waals surface area contributed by atoms with E-state index in [2.05, 4.69) is 4.90 Å². The summed E-state index contributed by atoms with van der Waals surface area (Å²) in [7, 11) is 4.05. The van der Waals surface area contributed by atoms with Crippen LogP contribution in [0.5, 0.6) is 17.2 Å². The van der Waals surface area contributed by atoms with E-state index in [1.54, 1.807) is 12.1 Å². The van der Waals surface area contributed by atoms with Crippen molar-refractivity contribution in [3.05, 3.63) is 52.6 Å². The zero-order valence-electron chi connectivity index (χ0n) is 13.8. The SMILES string of the molecule is CN(C)CCCOc1ccc(Oc2ccc([N+](=O)[O-])c(N)c2)cc1. The van der Waals surface area contributed by atoms with Crippen LogP contribution in [0.3, 0.4) is 0 Å². The van der Waals surface area contributed by atoms with Gasteiger partial charge in [-0.05, 0) is 50.8 Å². The van der Waals surface area contributed by atoms with Gasteiger partial charge in [-0.2, -0.15) is 0 Å². The number of benzene rings is 2. The van der Waals surface area contributed by atoms with Crippen LogP contribution < -0.4 is 15.2 Å². The quantitative estimate of drug-likeness (QED) is 0.345. The molecule has 128 valence electrons. The second-order valence-corrected chi connectivity index (χ2v) is 5.56. The average molecular weight is 331 g/mol. The predicted molar refractivity (Wildman–Crippen MR) is 92.7 cm³/mol. The minimum absolute atomic E-state index is 0.0679. The van der Waals surface area contributed by atoms with Gasteiger partial charge >= 0.3 is 0 Å². The van der Waals surface area contributed by atoms with Gasteiger partial charge < -0.3 is 20.1 Å². The van der Waals surface area contributed by atoms with Crippen LogP contribution in [0.2, 0.25) is 0 Å². The Morgan fingerprint density at radius 1 is 1.08 bits per heavy atom. The summed E-state index contributed by atoms with van der Waals surface area (Å²) < 4.78 is 11.3. The maximum absolute atomic E-state index is 10.7. The zero-order valence-corrected chi connectivity index (χ0v) is 13.8. The predicted octanol–water partition coefficient (Wildman–Crippen LogP) is 3.30. The van der Waals surface area contributed by atoms with Crippen molar-refractivity contribution in [2.45, 2.75) is 6.42 Å². The molecule has 2 aromatic carbocycles. The standard InChI is InChI=1S/C17H21N3O4/c1-19(2)10-3-11-23-13-4-6-14(7-5-13)24-15-8-9-17(20(21)22)16(18)12-15/h4-9,12H,3,10-11,18H2,1-2H3. The number of nitrogens with two attached hydrogens (primary N) is 1. The summed E-state index contributed by atoms with van der Waals surface area (Å²) in [6, 6.07) is 11.5. The van der Waals surface area contributed by atoms with E-state index in [4.69, 9.17) is 15.2 Å². The fourth-order valence-electron chi connectivity index (χ4n) is 2.07. The number of nitro groups is 1. The van der Waals surface area contributed by atoms with E-state index in [-0.39, 0.29) is 11.4 Å². The summed E-state index contributed by atoms with van der Waals surface area (Å²) in [5.74, 6) is 1.81. The number of rotatable bonds is 8. The normalized spacial score (nSPS) is 10.6. The monoisotopic (exact) mass is 331 g/mol. The van der Waals surface area contributed by atoms with Crippen LogP contribution in [0, 0.1) is 10.1 Å². The summed E-state index contributed by atoms with van der Waals surface area (Å²) in [6.07, 6.45) is 0.952. The molecule has 0 saturated carbocycles. The lowest BCUT2D eigenvalue weighted by Gasteiger charge is -2.11. The molecule has 0 radical (unpaired) electrons. The molecule has 0 aliphatic rings. The number of nitro benzene ring substituents is 1. The highest BCUT2D eigenvalue weighted by molar-refractivity contribution is 5.61. The summed E-state index contributed by atoms with van der Waals surface area (Å²) in [6.45, 7) is 1.63. The highest BCUT2D eigenvalue weighted by Crippen LogP contribution is 2.29. The molecule has 2 aromatic rings. The number of hydrogen-bond donors (Lipinski definition) is 1. The smallest absolute Gasteiger partial charge is 0.292 e. The molecule has 0 heterocycles. The Labute approximate surface area is 140 Å². The van der Waals surface area contributed by atoms with Crippen LogP contribution >= 0.6 is 0 Å². The third-order valence-electron chi connectivity index (χ3n) is 3.27. The van der Waals surface area contributed by atoms with Gasteiger partial charge in [0.25, 0.3) is 5.69 Å². The molecule has 24 heavy (non-hydrogen) atoms. The molecule has 0 spiro atoms. The second-order valence-electron chi connectivity index (χ2n) is 5.56. The maximum Gasteiger partial charge on any atom is 0.292 e.